The van der Waals surface area contributed by atoms with Gasteiger partial charge in [-0.25, -0.2) is 0 Å². The second-order valence-corrected chi connectivity index (χ2v) is 6.92. The van der Waals surface area contributed by atoms with Crippen molar-refractivity contribution in [3.05, 3.63) is 28.3 Å². The molecule has 1 aromatic carbocycles. The predicted molar refractivity (Wildman–Crippen MR) is 83.9 cm³/mol. The van der Waals surface area contributed by atoms with Gasteiger partial charge in [0.15, 0.2) is 0 Å². The van der Waals surface area contributed by atoms with Crippen LogP contribution in [0.5, 0.6) is 0 Å². The topological polar surface area (TPSA) is 81.6 Å². The Morgan fingerprint density at radius 2 is 2.27 bits per heavy atom. The molecular weight excluding hydrogens is 282 g/mol. The zero-order valence-electron chi connectivity index (χ0n) is 12.5. The number of anilines is 2. The first-order valence-electron chi connectivity index (χ1n) is 8.00. The highest BCUT2D eigenvalue weighted by Gasteiger charge is 2.54. The monoisotopic (exact) mass is 303 g/mol. The van der Waals surface area contributed by atoms with E-state index in [-0.39, 0.29) is 16.2 Å². The van der Waals surface area contributed by atoms with Crippen LogP contribution in [0.4, 0.5) is 17.1 Å². The molecule has 0 aromatic heterocycles. The highest BCUT2D eigenvalue weighted by atomic mass is 16.6. The molecule has 1 aromatic rings. The predicted octanol–water partition coefficient (Wildman–Crippen LogP) is 2.57. The van der Waals surface area contributed by atoms with Crippen LogP contribution in [0.1, 0.15) is 25.7 Å². The van der Waals surface area contributed by atoms with Crippen molar-refractivity contribution >= 4 is 17.1 Å². The number of hydrogen-bond donors (Lipinski definition) is 1. The van der Waals surface area contributed by atoms with Crippen molar-refractivity contribution in [1.29, 1.82) is 0 Å². The number of nitrogen functional groups attached to an aromatic ring is 1. The number of hydrogen-bond acceptors (Lipinski definition) is 5. The van der Waals surface area contributed by atoms with Crippen molar-refractivity contribution in [1.82, 2.24) is 0 Å². The summed E-state index contributed by atoms with van der Waals surface area (Å²) in [6.45, 7) is 2.07. The van der Waals surface area contributed by atoms with Gasteiger partial charge in [0.1, 0.15) is 5.69 Å². The standard InChI is InChI=1S/C16H21N3O3/c17-13-3-4-14(19(20)21)15(8-13)18-5-6-22-16(10-18)9-11-1-2-12(16)7-11/h3-4,8,11-12H,1-2,5-7,9-10,17H2/t11-,12-,16+/m0/s1. The molecule has 22 heavy (non-hydrogen) atoms. The maximum atomic E-state index is 11.3. The molecule has 0 unspecified atom stereocenters. The molecule has 118 valence electrons. The molecular formula is C16H21N3O3. The summed E-state index contributed by atoms with van der Waals surface area (Å²) in [7, 11) is 0. The van der Waals surface area contributed by atoms with E-state index < -0.39 is 0 Å². The van der Waals surface area contributed by atoms with Crippen molar-refractivity contribution in [3.8, 4) is 0 Å². The van der Waals surface area contributed by atoms with Crippen LogP contribution in [0.15, 0.2) is 18.2 Å². The first-order chi connectivity index (χ1) is 10.6. The van der Waals surface area contributed by atoms with Gasteiger partial charge in [0.05, 0.1) is 17.1 Å². The summed E-state index contributed by atoms with van der Waals surface area (Å²) in [6.07, 6.45) is 4.91. The SMILES string of the molecule is Nc1ccc([N+](=O)[O-])c(N2CCO[C@]3(C[C@H]4CC[C@H]3C4)C2)c1. The van der Waals surface area contributed by atoms with Gasteiger partial charge in [-0.15, -0.1) is 0 Å². The van der Waals surface area contributed by atoms with E-state index in [9.17, 15) is 10.1 Å². The van der Waals surface area contributed by atoms with Crippen LogP contribution in [-0.2, 0) is 4.74 Å². The summed E-state index contributed by atoms with van der Waals surface area (Å²) >= 11 is 0. The van der Waals surface area contributed by atoms with E-state index in [1.807, 2.05) is 0 Å². The van der Waals surface area contributed by atoms with E-state index in [0.29, 0.717) is 30.4 Å². The van der Waals surface area contributed by atoms with E-state index in [1.54, 1.807) is 12.1 Å². The van der Waals surface area contributed by atoms with Gasteiger partial charge in [-0.3, -0.25) is 10.1 Å². The summed E-state index contributed by atoms with van der Waals surface area (Å²) < 4.78 is 6.20. The first kappa shape index (κ1) is 13.8. The Hall–Kier alpha value is -1.82. The van der Waals surface area contributed by atoms with Crippen molar-refractivity contribution in [2.45, 2.75) is 31.3 Å². The summed E-state index contributed by atoms with van der Waals surface area (Å²) in [5.41, 5.74) is 7.09. The number of benzene rings is 1. The molecule has 1 spiro atoms. The number of nitrogens with two attached hydrogens (primary N) is 1. The average molecular weight is 303 g/mol. The fourth-order valence-electron chi connectivity index (χ4n) is 4.72. The molecule has 2 saturated carbocycles. The zero-order valence-corrected chi connectivity index (χ0v) is 12.5. The van der Waals surface area contributed by atoms with Gasteiger partial charge in [0.25, 0.3) is 5.69 Å². The normalized spacial score (nSPS) is 33.5. The van der Waals surface area contributed by atoms with Crippen LogP contribution in [0.25, 0.3) is 0 Å². The first-order valence-corrected chi connectivity index (χ1v) is 8.00. The maximum absolute atomic E-state index is 11.3. The van der Waals surface area contributed by atoms with Crippen LogP contribution >= 0.6 is 0 Å². The number of nitro benzene ring substituents is 1. The minimum atomic E-state index is -0.322. The van der Waals surface area contributed by atoms with Gasteiger partial charge in [0.2, 0.25) is 0 Å². The molecule has 2 N–H and O–H groups in total. The van der Waals surface area contributed by atoms with E-state index in [1.165, 1.54) is 25.3 Å². The number of nitro groups is 1. The fourth-order valence-corrected chi connectivity index (χ4v) is 4.72. The lowest BCUT2D eigenvalue weighted by molar-refractivity contribution is -0.384. The number of morpholine rings is 1. The Labute approximate surface area is 129 Å². The molecule has 1 aliphatic heterocycles. The second kappa shape index (κ2) is 4.84. The Bertz CT molecular complexity index is 621. The molecule has 3 fully saturated rings. The third-order valence-electron chi connectivity index (χ3n) is 5.67. The van der Waals surface area contributed by atoms with E-state index in [2.05, 4.69) is 4.90 Å². The van der Waals surface area contributed by atoms with Crippen LogP contribution in [0.2, 0.25) is 0 Å². The van der Waals surface area contributed by atoms with Gasteiger partial charge < -0.3 is 15.4 Å². The van der Waals surface area contributed by atoms with E-state index in [4.69, 9.17) is 10.5 Å². The minimum absolute atomic E-state index is 0.0976. The third-order valence-corrected chi connectivity index (χ3v) is 5.67. The lowest BCUT2D eigenvalue weighted by atomic mass is 9.82. The average Bonchev–Trinajstić information content (AvgIpc) is 3.07. The molecule has 0 radical (unpaired) electrons. The molecule has 4 rings (SSSR count). The molecule has 2 bridgehead atoms. The molecule has 3 atom stereocenters. The Morgan fingerprint density at radius 3 is 2.95 bits per heavy atom. The largest absolute Gasteiger partial charge is 0.399 e. The van der Waals surface area contributed by atoms with Gasteiger partial charge in [-0.2, -0.15) is 0 Å². The lowest BCUT2D eigenvalue weighted by Gasteiger charge is -2.46. The Balaban J connectivity index is 1.66. The van der Waals surface area contributed by atoms with Crippen LogP contribution < -0.4 is 10.6 Å². The fraction of sp³-hybridized carbons (Fsp3) is 0.625. The third kappa shape index (κ3) is 2.05. The lowest BCUT2D eigenvalue weighted by Crippen LogP contribution is -2.54. The van der Waals surface area contributed by atoms with Crippen LogP contribution in [0, 0.1) is 22.0 Å². The van der Waals surface area contributed by atoms with Crippen LogP contribution in [0.3, 0.4) is 0 Å². The van der Waals surface area contributed by atoms with Crippen molar-refractivity contribution < 1.29 is 9.66 Å². The summed E-state index contributed by atoms with van der Waals surface area (Å²) in [6, 6.07) is 4.83. The molecule has 3 aliphatic rings. The maximum Gasteiger partial charge on any atom is 0.292 e. The van der Waals surface area contributed by atoms with Crippen LogP contribution in [-0.4, -0.2) is 30.2 Å². The smallest absolute Gasteiger partial charge is 0.292 e. The number of rotatable bonds is 2. The molecule has 2 aliphatic carbocycles. The van der Waals surface area contributed by atoms with Crippen molar-refractivity contribution in [2.24, 2.45) is 11.8 Å². The second-order valence-electron chi connectivity index (χ2n) is 6.92. The Morgan fingerprint density at radius 1 is 1.41 bits per heavy atom. The molecule has 1 heterocycles. The van der Waals surface area contributed by atoms with E-state index >= 15 is 0 Å². The minimum Gasteiger partial charge on any atom is -0.399 e. The van der Waals surface area contributed by atoms with Crippen molar-refractivity contribution in [2.75, 3.05) is 30.3 Å². The molecule has 6 heteroatoms. The highest BCUT2D eigenvalue weighted by molar-refractivity contribution is 5.69. The summed E-state index contributed by atoms with van der Waals surface area (Å²) in [5.74, 6) is 1.39. The van der Waals surface area contributed by atoms with E-state index in [0.717, 1.165) is 18.9 Å². The van der Waals surface area contributed by atoms with Gasteiger partial charge >= 0.3 is 0 Å². The van der Waals surface area contributed by atoms with Crippen molar-refractivity contribution in [3.63, 3.8) is 0 Å². The Kier molecular flexibility index (Phi) is 3.04. The number of fused-ring (bicyclic) bond motifs is 3. The number of nitrogens with zero attached hydrogens (tertiary/aromatic N) is 2. The molecule has 6 nitrogen and oxygen atoms in total. The van der Waals surface area contributed by atoms with Gasteiger partial charge in [-0.1, -0.05) is 0 Å². The van der Waals surface area contributed by atoms with Gasteiger partial charge in [-0.05, 0) is 49.7 Å². The number of ether oxygens (including phenoxy) is 1. The summed E-state index contributed by atoms with van der Waals surface area (Å²) in [5, 5.41) is 11.3. The van der Waals surface area contributed by atoms with Gasteiger partial charge in [0, 0.05) is 24.8 Å². The quantitative estimate of drug-likeness (QED) is 0.516. The molecule has 1 saturated heterocycles. The zero-order chi connectivity index (χ0) is 15.3. The molecule has 0 amide bonds. The highest BCUT2D eigenvalue weighted by Crippen LogP contribution is 2.54. The summed E-state index contributed by atoms with van der Waals surface area (Å²) in [4.78, 5) is 13.1.